The standard InChI is InChI=1S/C11H22N2O3/c1-4-9(11(15)16)13-10(14)6-5-7-12-8(2)3/h8-9,12H,4-7H2,1-3H3,(H,13,14)(H,15,16). The van der Waals surface area contributed by atoms with Crippen LogP contribution in [0.5, 0.6) is 0 Å². The van der Waals surface area contributed by atoms with Crippen molar-refractivity contribution in [2.75, 3.05) is 6.54 Å². The van der Waals surface area contributed by atoms with Gasteiger partial charge in [-0.1, -0.05) is 20.8 Å². The van der Waals surface area contributed by atoms with Crippen LogP contribution in [-0.2, 0) is 9.59 Å². The molecule has 0 heterocycles. The highest BCUT2D eigenvalue weighted by Gasteiger charge is 2.16. The van der Waals surface area contributed by atoms with Crippen LogP contribution in [0.25, 0.3) is 0 Å². The van der Waals surface area contributed by atoms with Crippen LogP contribution in [0.15, 0.2) is 0 Å². The maximum Gasteiger partial charge on any atom is 0.326 e. The predicted molar refractivity (Wildman–Crippen MR) is 62.2 cm³/mol. The Kier molecular flexibility index (Phi) is 7.54. The van der Waals surface area contributed by atoms with Gasteiger partial charge in [-0.3, -0.25) is 4.79 Å². The lowest BCUT2D eigenvalue weighted by molar-refractivity contribution is -0.141. The molecular weight excluding hydrogens is 208 g/mol. The van der Waals surface area contributed by atoms with Crippen LogP contribution in [0.4, 0.5) is 0 Å². The fraction of sp³-hybridized carbons (Fsp3) is 0.818. The normalized spacial score (nSPS) is 12.5. The van der Waals surface area contributed by atoms with E-state index in [1.165, 1.54) is 0 Å². The van der Waals surface area contributed by atoms with Crippen molar-refractivity contribution in [3.05, 3.63) is 0 Å². The highest BCUT2D eigenvalue weighted by Crippen LogP contribution is 1.94. The van der Waals surface area contributed by atoms with Gasteiger partial charge in [0.1, 0.15) is 6.04 Å². The van der Waals surface area contributed by atoms with Gasteiger partial charge in [-0.25, -0.2) is 4.79 Å². The molecule has 1 amide bonds. The van der Waals surface area contributed by atoms with Crippen molar-refractivity contribution in [2.45, 2.75) is 52.1 Å². The zero-order chi connectivity index (χ0) is 12.6. The lowest BCUT2D eigenvalue weighted by Gasteiger charge is -2.12. The summed E-state index contributed by atoms with van der Waals surface area (Å²) in [6, 6.07) is -0.351. The summed E-state index contributed by atoms with van der Waals surface area (Å²) in [6.45, 7) is 6.59. The van der Waals surface area contributed by atoms with Gasteiger partial charge in [-0.15, -0.1) is 0 Å². The van der Waals surface area contributed by atoms with Crippen molar-refractivity contribution >= 4 is 11.9 Å². The molecule has 0 saturated carbocycles. The molecule has 0 aliphatic rings. The first kappa shape index (κ1) is 14.9. The zero-order valence-electron chi connectivity index (χ0n) is 10.2. The predicted octanol–water partition coefficient (Wildman–Crippen LogP) is 0.744. The molecule has 5 nitrogen and oxygen atoms in total. The van der Waals surface area contributed by atoms with Gasteiger partial charge in [0.15, 0.2) is 0 Å². The summed E-state index contributed by atoms with van der Waals surface area (Å²) >= 11 is 0. The molecular formula is C11H22N2O3. The Morgan fingerprint density at radius 3 is 2.38 bits per heavy atom. The van der Waals surface area contributed by atoms with E-state index >= 15 is 0 Å². The van der Waals surface area contributed by atoms with Crippen LogP contribution in [0.2, 0.25) is 0 Å². The molecule has 0 aliphatic carbocycles. The summed E-state index contributed by atoms with van der Waals surface area (Å²) in [6.07, 6.45) is 1.49. The summed E-state index contributed by atoms with van der Waals surface area (Å²) in [4.78, 5) is 22.0. The molecule has 0 aliphatic heterocycles. The highest BCUT2D eigenvalue weighted by molar-refractivity contribution is 5.83. The second-order valence-electron chi connectivity index (χ2n) is 4.08. The van der Waals surface area contributed by atoms with Crippen LogP contribution >= 0.6 is 0 Å². The average Bonchev–Trinajstić information content (AvgIpc) is 2.20. The van der Waals surface area contributed by atoms with Crippen LogP contribution in [0.3, 0.4) is 0 Å². The van der Waals surface area contributed by atoms with E-state index in [4.69, 9.17) is 5.11 Å². The van der Waals surface area contributed by atoms with E-state index in [1.54, 1.807) is 6.92 Å². The molecule has 0 aromatic rings. The SMILES string of the molecule is CCC(NC(=O)CCCNC(C)C)C(=O)O. The molecule has 16 heavy (non-hydrogen) atoms. The first-order chi connectivity index (χ1) is 7.47. The number of hydrogen-bond donors (Lipinski definition) is 3. The molecule has 0 fully saturated rings. The smallest absolute Gasteiger partial charge is 0.326 e. The van der Waals surface area contributed by atoms with E-state index in [2.05, 4.69) is 10.6 Å². The number of amides is 1. The van der Waals surface area contributed by atoms with Gasteiger partial charge in [-0.05, 0) is 19.4 Å². The molecule has 0 saturated heterocycles. The maximum absolute atomic E-state index is 11.4. The number of carbonyl (C=O) groups excluding carboxylic acids is 1. The van der Waals surface area contributed by atoms with E-state index in [-0.39, 0.29) is 5.91 Å². The number of carboxylic acids is 1. The van der Waals surface area contributed by atoms with E-state index in [0.717, 1.165) is 13.0 Å². The summed E-state index contributed by atoms with van der Waals surface area (Å²) in [7, 11) is 0. The Labute approximate surface area is 96.6 Å². The summed E-state index contributed by atoms with van der Waals surface area (Å²) in [5.74, 6) is -1.17. The van der Waals surface area contributed by atoms with Gasteiger partial charge in [0.25, 0.3) is 0 Å². The Morgan fingerprint density at radius 1 is 1.31 bits per heavy atom. The number of nitrogens with one attached hydrogen (secondary N) is 2. The van der Waals surface area contributed by atoms with Gasteiger partial charge in [-0.2, -0.15) is 0 Å². The second kappa shape index (κ2) is 8.10. The Morgan fingerprint density at radius 2 is 1.94 bits per heavy atom. The molecule has 0 rings (SSSR count). The lowest BCUT2D eigenvalue weighted by Crippen LogP contribution is -2.40. The van der Waals surface area contributed by atoms with Crippen molar-refractivity contribution < 1.29 is 14.7 Å². The third-order valence-electron chi connectivity index (χ3n) is 2.17. The molecule has 5 heteroatoms. The minimum Gasteiger partial charge on any atom is -0.480 e. The third-order valence-corrected chi connectivity index (χ3v) is 2.17. The zero-order valence-corrected chi connectivity index (χ0v) is 10.2. The molecule has 0 spiro atoms. The van der Waals surface area contributed by atoms with Crippen LogP contribution in [0, 0.1) is 0 Å². The van der Waals surface area contributed by atoms with Crippen molar-refractivity contribution in [1.29, 1.82) is 0 Å². The summed E-state index contributed by atoms with van der Waals surface area (Å²) in [5.41, 5.74) is 0. The Bertz CT molecular complexity index is 229. The van der Waals surface area contributed by atoms with Crippen molar-refractivity contribution in [1.82, 2.24) is 10.6 Å². The van der Waals surface area contributed by atoms with Crippen LogP contribution in [-0.4, -0.2) is 35.6 Å². The fourth-order valence-corrected chi connectivity index (χ4v) is 1.24. The van der Waals surface area contributed by atoms with Crippen LogP contribution < -0.4 is 10.6 Å². The topological polar surface area (TPSA) is 78.4 Å². The minimum atomic E-state index is -0.976. The van der Waals surface area contributed by atoms with Crippen molar-refractivity contribution in [3.63, 3.8) is 0 Å². The first-order valence-corrected chi connectivity index (χ1v) is 5.73. The Balaban J connectivity index is 3.69. The molecule has 94 valence electrons. The minimum absolute atomic E-state index is 0.195. The number of carbonyl (C=O) groups is 2. The monoisotopic (exact) mass is 230 g/mol. The van der Waals surface area contributed by atoms with Gasteiger partial charge >= 0.3 is 5.97 Å². The average molecular weight is 230 g/mol. The van der Waals surface area contributed by atoms with Gasteiger partial charge in [0, 0.05) is 12.5 Å². The third kappa shape index (κ3) is 7.23. The van der Waals surface area contributed by atoms with E-state index < -0.39 is 12.0 Å². The molecule has 0 bridgehead atoms. The summed E-state index contributed by atoms with van der Waals surface area (Å²) < 4.78 is 0. The molecule has 0 aromatic heterocycles. The van der Waals surface area contributed by atoms with E-state index in [9.17, 15) is 9.59 Å². The summed E-state index contributed by atoms with van der Waals surface area (Å²) in [5, 5.41) is 14.4. The largest absolute Gasteiger partial charge is 0.480 e. The lowest BCUT2D eigenvalue weighted by atomic mass is 10.2. The number of hydrogen-bond acceptors (Lipinski definition) is 3. The molecule has 3 N–H and O–H groups in total. The molecule has 1 unspecified atom stereocenters. The quantitative estimate of drug-likeness (QED) is 0.537. The molecule has 1 atom stereocenters. The highest BCUT2D eigenvalue weighted by atomic mass is 16.4. The van der Waals surface area contributed by atoms with Crippen LogP contribution in [0.1, 0.15) is 40.0 Å². The number of rotatable bonds is 8. The number of aliphatic carboxylic acids is 1. The number of carboxylic acid groups (broad SMARTS) is 1. The fourth-order valence-electron chi connectivity index (χ4n) is 1.24. The van der Waals surface area contributed by atoms with Crippen molar-refractivity contribution in [3.8, 4) is 0 Å². The maximum atomic E-state index is 11.4. The van der Waals surface area contributed by atoms with Gasteiger partial charge in [0.2, 0.25) is 5.91 Å². The van der Waals surface area contributed by atoms with E-state index in [0.29, 0.717) is 18.9 Å². The molecule has 0 radical (unpaired) electrons. The molecule has 0 aromatic carbocycles. The van der Waals surface area contributed by atoms with Gasteiger partial charge in [0.05, 0.1) is 0 Å². The van der Waals surface area contributed by atoms with Crippen molar-refractivity contribution in [2.24, 2.45) is 0 Å². The van der Waals surface area contributed by atoms with Gasteiger partial charge < -0.3 is 15.7 Å². The van der Waals surface area contributed by atoms with E-state index in [1.807, 2.05) is 13.8 Å². The first-order valence-electron chi connectivity index (χ1n) is 5.73. The second-order valence-corrected chi connectivity index (χ2v) is 4.08. The Hall–Kier alpha value is -1.10.